The number of hydrogen-bond acceptors (Lipinski definition) is 2. The zero-order chi connectivity index (χ0) is 16.9. The molecule has 23 heavy (non-hydrogen) atoms. The Bertz CT molecular complexity index is 423. The van der Waals surface area contributed by atoms with Crippen molar-refractivity contribution in [1.29, 1.82) is 5.26 Å². The van der Waals surface area contributed by atoms with Crippen molar-refractivity contribution in [2.45, 2.75) is 84.5 Å². The van der Waals surface area contributed by atoms with Gasteiger partial charge in [-0.1, -0.05) is 39.5 Å². The molecule has 0 aliphatic heterocycles. The van der Waals surface area contributed by atoms with Crippen LogP contribution in [-0.4, -0.2) is 11.1 Å². The molecule has 130 valence electrons. The molecular weight excluding hydrogens is 286 g/mol. The normalized spacial score (nSPS) is 36.1. The van der Waals surface area contributed by atoms with Crippen molar-refractivity contribution in [3.63, 3.8) is 0 Å². The van der Waals surface area contributed by atoms with Crippen molar-refractivity contribution in [3.05, 3.63) is 0 Å². The van der Waals surface area contributed by atoms with Crippen LogP contribution in [0.5, 0.6) is 0 Å². The van der Waals surface area contributed by atoms with Gasteiger partial charge in [0.15, 0.2) is 0 Å². The molecule has 3 heteroatoms. The van der Waals surface area contributed by atoms with Gasteiger partial charge in [-0.05, 0) is 62.2 Å². The molecule has 2 aliphatic rings. The van der Waals surface area contributed by atoms with Crippen LogP contribution in [0.4, 0.5) is 0 Å². The summed E-state index contributed by atoms with van der Waals surface area (Å²) in [4.78, 5) is 11.0. The number of nitriles is 1. The monoisotopic (exact) mass is 319 g/mol. The van der Waals surface area contributed by atoms with Crippen LogP contribution in [-0.2, 0) is 4.79 Å². The summed E-state index contributed by atoms with van der Waals surface area (Å²) in [6.45, 7) is 4.24. The summed E-state index contributed by atoms with van der Waals surface area (Å²) in [5, 5.41) is 18.7. The van der Waals surface area contributed by atoms with Crippen LogP contribution >= 0.6 is 0 Å². The fraction of sp³-hybridized carbons (Fsp3) is 0.900. The Labute approximate surface area is 141 Å². The second-order valence-corrected chi connectivity index (χ2v) is 8.17. The number of nitrogens with zero attached hydrogens (tertiary/aromatic N) is 1. The van der Waals surface area contributed by atoms with E-state index >= 15 is 0 Å². The van der Waals surface area contributed by atoms with E-state index in [1.807, 2.05) is 6.92 Å². The van der Waals surface area contributed by atoms with E-state index in [1.165, 1.54) is 38.5 Å². The van der Waals surface area contributed by atoms with Gasteiger partial charge < -0.3 is 5.11 Å². The van der Waals surface area contributed by atoms with E-state index in [-0.39, 0.29) is 12.3 Å². The molecule has 2 saturated carbocycles. The lowest BCUT2D eigenvalue weighted by atomic mass is 9.60. The van der Waals surface area contributed by atoms with Gasteiger partial charge in [-0.3, -0.25) is 4.79 Å². The van der Waals surface area contributed by atoms with Gasteiger partial charge >= 0.3 is 5.97 Å². The van der Waals surface area contributed by atoms with Gasteiger partial charge in [-0.15, -0.1) is 0 Å². The zero-order valence-electron chi connectivity index (χ0n) is 14.9. The molecule has 0 aromatic heterocycles. The van der Waals surface area contributed by atoms with Crippen molar-refractivity contribution < 1.29 is 9.90 Å². The second kappa shape index (κ2) is 8.18. The smallest absolute Gasteiger partial charge is 0.303 e. The van der Waals surface area contributed by atoms with E-state index in [4.69, 9.17) is 5.11 Å². The summed E-state index contributed by atoms with van der Waals surface area (Å²) in [5.74, 6) is 1.77. The maximum absolute atomic E-state index is 11.0. The summed E-state index contributed by atoms with van der Waals surface area (Å²) < 4.78 is 0. The molecule has 0 bridgehead atoms. The molecule has 0 saturated heterocycles. The molecule has 0 aromatic rings. The lowest BCUT2D eigenvalue weighted by Crippen LogP contribution is -2.36. The van der Waals surface area contributed by atoms with Gasteiger partial charge in [0.25, 0.3) is 0 Å². The summed E-state index contributed by atoms with van der Waals surface area (Å²) >= 11 is 0. The first-order valence-corrected chi connectivity index (χ1v) is 9.63. The largest absolute Gasteiger partial charge is 0.481 e. The van der Waals surface area contributed by atoms with Crippen molar-refractivity contribution >= 4 is 5.97 Å². The third-order valence-electron chi connectivity index (χ3n) is 6.82. The fourth-order valence-electron chi connectivity index (χ4n) is 5.16. The molecule has 0 aromatic carbocycles. The molecule has 2 fully saturated rings. The predicted octanol–water partition coefficient (Wildman–Crippen LogP) is 5.40. The Hall–Kier alpha value is -1.04. The van der Waals surface area contributed by atoms with E-state index in [2.05, 4.69) is 13.0 Å². The minimum absolute atomic E-state index is 0.0359. The molecule has 0 radical (unpaired) electrons. The Kier molecular flexibility index (Phi) is 6.50. The van der Waals surface area contributed by atoms with Crippen LogP contribution in [0.25, 0.3) is 0 Å². The summed E-state index contributed by atoms with van der Waals surface area (Å²) in [6, 6.07) is 2.51. The van der Waals surface area contributed by atoms with Crippen LogP contribution in [0.2, 0.25) is 0 Å². The molecule has 3 nitrogen and oxygen atoms in total. The Balaban J connectivity index is 1.85. The summed E-state index contributed by atoms with van der Waals surface area (Å²) in [5.41, 5.74) is -0.395. The SMILES string of the molecule is CCCC1CCC(C2CCC(C#N)(C(C)CC(=O)O)CC2)CC1. The van der Waals surface area contributed by atoms with Crippen LogP contribution in [0.3, 0.4) is 0 Å². The number of aliphatic carboxylic acids is 1. The van der Waals surface area contributed by atoms with Crippen LogP contribution in [0.15, 0.2) is 0 Å². The predicted molar refractivity (Wildman–Crippen MR) is 91.8 cm³/mol. The number of carboxylic acid groups (broad SMARTS) is 1. The van der Waals surface area contributed by atoms with Gasteiger partial charge in [0.05, 0.1) is 11.5 Å². The Morgan fingerprint density at radius 1 is 1.17 bits per heavy atom. The highest BCUT2D eigenvalue weighted by molar-refractivity contribution is 5.67. The van der Waals surface area contributed by atoms with Gasteiger partial charge in [-0.25, -0.2) is 0 Å². The Morgan fingerprint density at radius 3 is 2.22 bits per heavy atom. The van der Waals surface area contributed by atoms with Crippen LogP contribution < -0.4 is 0 Å². The first-order valence-electron chi connectivity index (χ1n) is 9.63. The number of carbonyl (C=O) groups is 1. The highest BCUT2D eigenvalue weighted by Crippen LogP contribution is 2.49. The average Bonchev–Trinajstić information content (AvgIpc) is 2.55. The van der Waals surface area contributed by atoms with Gasteiger partial charge in [0.2, 0.25) is 0 Å². The molecule has 0 amide bonds. The van der Waals surface area contributed by atoms with E-state index in [0.717, 1.165) is 43.4 Å². The first kappa shape index (κ1) is 18.3. The van der Waals surface area contributed by atoms with Crippen LogP contribution in [0, 0.1) is 40.4 Å². The molecule has 1 atom stereocenters. The van der Waals surface area contributed by atoms with Gasteiger partial charge in [-0.2, -0.15) is 5.26 Å². The maximum atomic E-state index is 11.0. The van der Waals surface area contributed by atoms with E-state index in [0.29, 0.717) is 0 Å². The van der Waals surface area contributed by atoms with Crippen LogP contribution in [0.1, 0.15) is 84.5 Å². The third-order valence-corrected chi connectivity index (χ3v) is 6.82. The second-order valence-electron chi connectivity index (χ2n) is 8.17. The molecular formula is C20H33NO2. The molecule has 2 rings (SSSR count). The molecule has 0 spiro atoms. The quantitative estimate of drug-likeness (QED) is 0.712. The highest BCUT2D eigenvalue weighted by Gasteiger charge is 2.42. The lowest BCUT2D eigenvalue weighted by molar-refractivity contribution is -0.139. The number of hydrogen-bond donors (Lipinski definition) is 1. The molecule has 2 aliphatic carbocycles. The molecule has 1 N–H and O–H groups in total. The van der Waals surface area contributed by atoms with E-state index in [9.17, 15) is 10.1 Å². The summed E-state index contributed by atoms with van der Waals surface area (Å²) in [6.07, 6.45) is 12.4. The molecule has 1 unspecified atom stereocenters. The lowest BCUT2D eigenvalue weighted by Gasteiger charge is -2.42. The minimum Gasteiger partial charge on any atom is -0.481 e. The first-order chi connectivity index (χ1) is 11.0. The van der Waals surface area contributed by atoms with Gasteiger partial charge in [0, 0.05) is 6.42 Å². The zero-order valence-corrected chi connectivity index (χ0v) is 14.9. The highest BCUT2D eigenvalue weighted by atomic mass is 16.4. The number of rotatable bonds is 6. The van der Waals surface area contributed by atoms with Crippen molar-refractivity contribution in [3.8, 4) is 6.07 Å². The van der Waals surface area contributed by atoms with Crippen molar-refractivity contribution in [2.24, 2.45) is 29.1 Å². The standard InChI is InChI=1S/C20H33NO2/c1-3-4-16-5-7-17(8-6-16)18-9-11-20(14-21,12-10-18)15(2)13-19(22)23/h15-18H,3-13H2,1-2H3,(H,22,23). The minimum atomic E-state index is -0.775. The fourth-order valence-corrected chi connectivity index (χ4v) is 5.16. The maximum Gasteiger partial charge on any atom is 0.303 e. The number of carboxylic acids is 1. The summed E-state index contributed by atoms with van der Waals surface area (Å²) in [7, 11) is 0. The van der Waals surface area contributed by atoms with Crippen molar-refractivity contribution in [2.75, 3.05) is 0 Å². The average molecular weight is 319 g/mol. The van der Waals surface area contributed by atoms with Crippen molar-refractivity contribution in [1.82, 2.24) is 0 Å². The van der Waals surface area contributed by atoms with Gasteiger partial charge in [0.1, 0.15) is 0 Å². The third kappa shape index (κ3) is 4.49. The van der Waals surface area contributed by atoms with E-state index < -0.39 is 11.4 Å². The molecule has 0 heterocycles. The van der Waals surface area contributed by atoms with E-state index in [1.54, 1.807) is 0 Å². The Morgan fingerprint density at radius 2 is 1.74 bits per heavy atom. The topological polar surface area (TPSA) is 61.1 Å².